The third-order valence-electron chi connectivity index (χ3n) is 4.62. The molecule has 0 bridgehead atoms. The third-order valence-corrected chi connectivity index (χ3v) is 6.81. The van der Waals surface area contributed by atoms with Crippen LogP contribution in [0.15, 0.2) is 39.8 Å². The summed E-state index contributed by atoms with van der Waals surface area (Å²) in [5, 5.41) is 3.15. The Balaban J connectivity index is 1.63. The monoisotopic (exact) mass is 412 g/mol. The van der Waals surface area contributed by atoms with E-state index in [-0.39, 0.29) is 27.6 Å². The molecule has 7 nitrogen and oxygen atoms in total. The van der Waals surface area contributed by atoms with Gasteiger partial charge in [-0.2, -0.15) is 4.31 Å². The zero-order chi connectivity index (χ0) is 19.6. The van der Waals surface area contributed by atoms with Crippen LogP contribution >= 0.6 is 11.6 Å². The third kappa shape index (κ3) is 4.12. The Hall–Kier alpha value is -2.03. The van der Waals surface area contributed by atoms with Gasteiger partial charge < -0.3 is 14.5 Å². The first-order valence-electron chi connectivity index (χ1n) is 8.51. The lowest BCUT2D eigenvalue weighted by molar-refractivity contribution is 0.0895. The Labute approximate surface area is 163 Å². The second kappa shape index (κ2) is 7.92. The molecule has 1 N–H and O–H groups in total. The second-order valence-electron chi connectivity index (χ2n) is 6.38. The highest BCUT2D eigenvalue weighted by atomic mass is 35.5. The van der Waals surface area contributed by atoms with Crippen molar-refractivity contribution in [2.24, 2.45) is 0 Å². The lowest BCUT2D eigenvalue weighted by Crippen LogP contribution is -2.46. The van der Waals surface area contributed by atoms with Crippen LogP contribution in [-0.4, -0.2) is 44.9 Å². The molecule has 0 atom stereocenters. The number of furan rings is 1. The smallest absolute Gasteiger partial charge is 0.287 e. The Morgan fingerprint density at radius 2 is 2.00 bits per heavy atom. The maximum absolute atomic E-state index is 12.8. The summed E-state index contributed by atoms with van der Waals surface area (Å²) in [6, 6.07) is 6.03. The quantitative estimate of drug-likeness (QED) is 0.815. The van der Waals surface area contributed by atoms with E-state index in [1.54, 1.807) is 13.0 Å². The van der Waals surface area contributed by atoms with Crippen LogP contribution in [0.4, 0.5) is 0 Å². The molecule has 27 heavy (non-hydrogen) atoms. The lowest BCUT2D eigenvalue weighted by Gasteiger charge is -2.31. The Morgan fingerprint density at radius 3 is 2.56 bits per heavy atom. The number of piperidine rings is 1. The van der Waals surface area contributed by atoms with Gasteiger partial charge in [0.2, 0.25) is 10.0 Å². The number of amides is 1. The van der Waals surface area contributed by atoms with Crippen LogP contribution in [0.3, 0.4) is 0 Å². The van der Waals surface area contributed by atoms with Gasteiger partial charge in [0.1, 0.15) is 5.75 Å². The van der Waals surface area contributed by atoms with Crippen molar-refractivity contribution < 1.29 is 22.4 Å². The highest BCUT2D eigenvalue weighted by Gasteiger charge is 2.31. The highest BCUT2D eigenvalue weighted by Crippen LogP contribution is 2.29. The average Bonchev–Trinajstić information content (AvgIpc) is 3.08. The van der Waals surface area contributed by atoms with E-state index >= 15 is 0 Å². The van der Waals surface area contributed by atoms with Crippen LogP contribution in [0.5, 0.6) is 5.75 Å². The molecule has 1 saturated heterocycles. The fourth-order valence-electron chi connectivity index (χ4n) is 3.05. The number of carbonyl (C=O) groups excluding carboxylic acids is 1. The number of rotatable bonds is 5. The van der Waals surface area contributed by atoms with Crippen LogP contribution in [0.1, 0.15) is 29.0 Å². The van der Waals surface area contributed by atoms with E-state index in [9.17, 15) is 13.2 Å². The number of nitrogens with zero attached hydrogens (tertiary/aromatic N) is 1. The number of halogens is 1. The number of hydrogen-bond acceptors (Lipinski definition) is 5. The molecule has 0 saturated carbocycles. The molecule has 146 valence electrons. The summed E-state index contributed by atoms with van der Waals surface area (Å²) in [5.74, 6) is 0.434. The van der Waals surface area contributed by atoms with Crippen molar-refractivity contribution in [1.29, 1.82) is 0 Å². The van der Waals surface area contributed by atoms with Gasteiger partial charge in [0.25, 0.3) is 5.91 Å². The van der Waals surface area contributed by atoms with Gasteiger partial charge in [-0.15, -0.1) is 0 Å². The summed E-state index contributed by atoms with van der Waals surface area (Å²) in [4.78, 5) is 12.4. The van der Waals surface area contributed by atoms with E-state index in [1.165, 1.54) is 35.9 Å². The molecule has 0 aliphatic carbocycles. The van der Waals surface area contributed by atoms with Crippen molar-refractivity contribution in [3.63, 3.8) is 0 Å². The predicted molar refractivity (Wildman–Crippen MR) is 101 cm³/mol. The standard InChI is InChI=1S/C18H21ClN2O5S/c1-12-7-10-26-17(12)18(22)20-13-5-8-21(9-6-13)27(23,24)14-3-4-16(25-2)15(19)11-14/h3-4,7,10-11,13H,5-6,8-9H2,1-2H3,(H,20,22). The first kappa shape index (κ1) is 19.7. The molecule has 1 aromatic carbocycles. The number of methoxy groups -OCH3 is 1. The topological polar surface area (TPSA) is 88.9 Å². The van der Waals surface area contributed by atoms with Crippen molar-refractivity contribution in [3.8, 4) is 5.75 Å². The zero-order valence-electron chi connectivity index (χ0n) is 15.1. The van der Waals surface area contributed by atoms with Gasteiger partial charge in [0.05, 0.1) is 23.3 Å². The molecule has 2 heterocycles. The number of aryl methyl sites for hydroxylation is 1. The maximum Gasteiger partial charge on any atom is 0.287 e. The number of hydrogen-bond donors (Lipinski definition) is 1. The van der Waals surface area contributed by atoms with Crippen molar-refractivity contribution in [2.75, 3.05) is 20.2 Å². The first-order valence-corrected chi connectivity index (χ1v) is 10.3. The fourth-order valence-corrected chi connectivity index (χ4v) is 4.87. The van der Waals surface area contributed by atoms with Crippen molar-refractivity contribution in [1.82, 2.24) is 9.62 Å². The van der Waals surface area contributed by atoms with Crippen LogP contribution < -0.4 is 10.1 Å². The highest BCUT2D eigenvalue weighted by molar-refractivity contribution is 7.89. The minimum Gasteiger partial charge on any atom is -0.495 e. The van der Waals surface area contributed by atoms with E-state index in [4.69, 9.17) is 20.8 Å². The van der Waals surface area contributed by atoms with Crippen LogP contribution in [0.2, 0.25) is 5.02 Å². The van der Waals surface area contributed by atoms with Gasteiger partial charge in [-0.25, -0.2) is 8.42 Å². The number of carbonyl (C=O) groups is 1. The molecule has 9 heteroatoms. The normalized spacial score (nSPS) is 16.3. The lowest BCUT2D eigenvalue weighted by atomic mass is 10.1. The van der Waals surface area contributed by atoms with Crippen molar-refractivity contribution in [3.05, 3.63) is 46.9 Å². The Bertz CT molecular complexity index is 933. The molecule has 1 fully saturated rings. The predicted octanol–water partition coefficient (Wildman–Crippen LogP) is 2.83. The molecular formula is C18H21ClN2O5S. The number of benzene rings is 1. The van der Waals surface area contributed by atoms with E-state index in [2.05, 4.69) is 5.32 Å². The summed E-state index contributed by atoms with van der Waals surface area (Å²) >= 11 is 6.05. The van der Waals surface area contributed by atoms with E-state index in [0.717, 1.165) is 5.56 Å². The largest absolute Gasteiger partial charge is 0.495 e. The van der Waals surface area contributed by atoms with Crippen molar-refractivity contribution in [2.45, 2.75) is 30.7 Å². The molecule has 1 amide bonds. The first-order chi connectivity index (χ1) is 12.8. The number of nitrogens with one attached hydrogen (secondary N) is 1. The molecule has 2 aromatic rings. The average molecular weight is 413 g/mol. The van der Waals surface area contributed by atoms with Gasteiger partial charge in [0, 0.05) is 24.7 Å². The molecule has 1 aliphatic rings. The van der Waals surface area contributed by atoms with Gasteiger partial charge in [0.15, 0.2) is 5.76 Å². The second-order valence-corrected chi connectivity index (χ2v) is 8.73. The van der Waals surface area contributed by atoms with E-state index < -0.39 is 10.0 Å². The molecular weight excluding hydrogens is 392 g/mol. The summed E-state index contributed by atoms with van der Waals surface area (Å²) < 4.78 is 37.3. The number of sulfonamides is 1. The Morgan fingerprint density at radius 1 is 1.30 bits per heavy atom. The molecule has 0 spiro atoms. The summed E-state index contributed by atoms with van der Waals surface area (Å²) in [6.45, 7) is 2.43. The zero-order valence-corrected chi connectivity index (χ0v) is 16.6. The summed E-state index contributed by atoms with van der Waals surface area (Å²) in [5.41, 5.74) is 0.767. The van der Waals surface area contributed by atoms with Crippen LogP contribution in [0.25, 0.3) is 0 Å². The fraction of sp³-hybridized carbons (Fsp3) is 0.389. The van der Waals surface area contributed by atoms with Gasteiger partial charge in [-0.05, 0) is 44.0 Å². The molecule has 0 radical (unpaired) electrons. The van der Waals surface area contributed by atoms with E-state index in [1.807, 2.05) is 0 Å². The van der Waals surface area contributed by atoms with Crippen LogP contribution in [0, 0.1) is 6.92 Å². The molecule has 0 unspecified atom stereocenters. The summed E-state index contributed by atoms with van der Waals surface area (Å²) in [7, 11) is -2.18. The van der Waals surface area contributed by atoms with Gasteiger partial charge in [-0.1, -0.05) is 11.6 Å². The summed E-state index contributed by atoms with van der Waals surface area (Å²) in [6.07, 6.45) is 2.52. The minimum absolute atomic E-state index is 0.104. The van der Waals surface area contributed by atoms with Gasteiger partial charge >= 0.3 is 0 Å². The number of ether oxygens (including phenoxy) is 1. The molecule has 1 aliphatic heterocycles. The molecule has 3 rings (SSSR count). The molecule has 1 aromatic heterocycles. The SMILES string of the molecule is COc1ccc(S(=O)(=O)N2CCC(NC(=O)c3occc3C)CC2)cc1Cl. The van der Waals surface area contributed by atoms with Gasteiger partial charge in [-0.3, -0.25) is 4.79 Å². The minimum atomic E-state index is -3.65. The maximum atomic E-state index is 12.8. The van der Waals surface area contributed by atoms with E-state index in [0.29, 0.717) is 31.7 Å². The van der Waals surface area contributed by atoms with Crippen LogP contribution in [-0.2, 0) is 10.0 Å². The van der Waals surface area contributed by atoms with Crippen molar-refractivity contribution >= 4 is 27.5 Å². The Kier molecular flexibility index (Phi) is 5.78.